The molecular weight excluding hydrogens is 316 g/mol. The highest BCUT2D eigenvalue weighted by atomic mass is 79.9. The second-order valence-electron chi connectivity index (χ2n) is 5.50. The van der Waals surface area contributed by atoms with Gasteiger partial charge in [0.25, 0.3) is 0 Å². The van der Waals surface area contributed by atoms with Crippen LogP contribution < -0.4 is 10.2 Å². The molecule has 1 aliphatic rings. The molecule has 0 saturated carbocycles. The van der Waals surface area contributed by atoms with Crippen molar-refractivity contribution in [1.29, 1.82) is 0 Å². The SMILES string of the molecule is CCCNC(C)c1ccc(N2CCOCC2C)c(Br)c1. The van der Waals surface area contributed by atoms with E-state index in [1.54, 1.807) is 0 Å². The maximum absolute atomic E-state index is 5.51. The van der Waals surface area contributed by atoms with Gasteiger partial charge in [-0.3, -0.25) is 0 Å². The van der Waals surface area contributed by atoms with Crippen molar-refractivity contribution >= 4 is 21.6 Å². The van der Waals surface area contributed by atoms with Crippen molar-refractivity contribution in [3.05, 3.63) is 28.2 Å². The van der Waals surface area contributed by atoms with Crippen molar-refractivity contribution in [3.63, 3.8) is 0 Å². The molecule has 112 valence electrons. The van der Waals surface area contributed by atoms with Gasteiger partial charge in [-0.1, -0.05) is 13.0 Å². The van der Waals surface area contributed by atoms with E-state index in [-0.39, 0.29) is 0 Å². The summed E-state index contributed by atoms with van der Waals surface area (Å²) in [6, 6.07) is 7.52. The molecule has 1 saturated heterocycles. The molecule has 0 aliphatic carbocycles. The number of ether oxygens (including phenoxy) is 1. The summed E-state index contributed by atoms with van der Waals surface area (Å²) >= 11 is 3.74. The van der Waals surface area contributed by atoms with Gasteiger partial charge in [0.1, 0.15) is 0 Å². The van der Waals surface area contributed by atoms with Crippen molar-refractivity contribution in [2.24, 2.45) is 0 Å². The Balaban J connectivity index is 2.12. The Morgan fingerprint density at radius 1 is 1.50 bits per heavy atom. The fraction of sp³-hybridized carbons (Fsp3) is 0.625. The lowest BCUT2D eigenvalue weighted by Gasteiger charge is -2.36. The number of nitrogens with zero attached hydrogens (tertiary/aromatic N) is 1. The van der Waals surface area contributed by atoms with Crippen LogP contribution in [0.1, 0.15) is 38.8 Å². The number of hydrogen-bond acceptors (Lipinski definition) is 3. The average molecular weight is 341 g/mol. The largest absolute Gasteiger partial charge is 0.377 e. The van der Waals surface area contributed by atoms with Crippen LogP contribution >= 0.6 is 15.9 Å². The molecule has 1 fully saturated rings. The molecule has 2 rings (SSSR count). The molecule has 20 heavy (non-hydrogen) atoms. The lowest BCUT2D eigenvalue weighted by molar-refractivity contribution is 0.0989. The minimum absolute atomic E-state index is 0.391. The standard InChI is InChI=1S/C16H25BrN2O/c1-4-7-18-13(3)14-5-6-16(15(17)10-14)19-8-9-20-11-12(19)2/h5-6,10,12-13,18H,4,7-9,11H2,1-3H3. The van der Waals surface area contributed by atoms with Crippen LogP contribution in [0.2, 0.25) is 0 Å². The second kappa shape index (κ2) is 7.43. The van der Waals surface area contributed by atoms with Crippen LogP contribution in [0.4, 0.5) is 5.69 Å². The van der Waals surface area contributed by atoms with E-state index >= 15 is 0 Å². The van der Waals surface area contributed by atoms with Crippen molar-refractivity contribution in [1.82, 2.24) is 5.32 Å². The zero-order chi connectivity index (χ0) is 14.5. The first-order valence-electron chi connectivity index (χ1n) is 7.50. The number of benzene rings is 1. The van der Waals surface area contributed by atoms with Crippen molar-refractivity contribution in [3.8, 4) is 0 Å². The highest BCUT2D eigenvalue weighted by Gasteiger charge is 2.21. The van der Waals surface area contributed by atoms with Crippen LogP contribution in [0, 0.1) is 0 Å². The van der Waals surface area contributed by atoms with Gasteiger partial charge >= 0.3 is 0 Å². The number of halogens is 1. The summed E-state index contributed by atoms with van der Waals surface area (Å²) in [5.74, 6) is 0. The van der Waals surface area contributed by atoms with Crippen LogP contribution in [-0.4, -0.2) is 32.3 Å². The highest BCUT2D eigenvalue weighted by molar-refractivity contribution is 9.10. The lowest BCUT2D eigenvalue weighted by Crippen LogP contribution is -2.43. The van der Waals surface area contributed by atoms with Gasteiger partial charge in [-0.05, 0) is 60.4 Å². The van der Waals surface area contributed by atoms with Crippen molar-refractivity contribution in [2.45, 2.75) is 39.3 Å². The Morgan fingerprint density at radius 2 is 2.30 bits per heavy atom. The first-order chi connectivity index (χ1) is 9.63. The Morgan fingerprint density at radius 3 is 2.95 bits per heavy atom. The summed E-state index contributed by atoms with van der Waals surface area (Å²) in [6.45, 7) is 10.3. The predicted octanol–water partition coefficient (Wildman–Crippen LogP) is 3.73. The van der Waals surface area contributed by atoms with Crippen molar-refractivity contribution in [2.75, 3.05) is 31.2 Å². The van der Waals surface area contributed by atoms with Gasteiger partial charge in [0.2, 0.25) is 0 Å². The molecule has 0 aromatic heterocycles. The number of nitrogens with one attached hydrogen (secondary N) is 1. The summed E-state index contributed by atoms with van der Waals surface area (Å²) in [5, 5.41) is 3.53. The zero-order valence-electron chi connectivity index (χ0n) is 12.7. The number of hydrogen-bond donors (Lipinski definition) is 1. The van der Waals surface area contributed by atoms with Gasteiger partial charge in [-0.2, -0.15) is 0 Å². The molecule has 0 amide bonds. The van der Waals surface area contributed by atoms with Gasteiger partial charge in [-0.15, -0.1) is 0 Å². The zero-order valence-corrected chi connectivity index (χ0v) is 14.2. The quantitative estimate of drug-likeness (QED) is 0.883. The number of morpholine rings is 1. The van der Waals surface area contributed by atoms with E-state index in [0.29, 0.717) is 12.1 Å². The van der Waals surface area contributed by atoms with Crippen molar-refractivity contribution < 1.29 is 4.74 Å². The van der Waals surface area contributed by atoms with E-state index in [4.69, 9.17) is 4.74 Å². The topological polar surface area (TPSA) is 24.5 Å². The summed E-state index contributed by atoms with van der Waals surface area (Å²) < 4.78 is 6.69. The smallest absolute Gasteiger partial charge is 0.0668 e. The fourth-order valence-corrected chi connectivity index (χ4v) is 3.21. The maximum Gasteiger partial charge on any atom is 0.0668 e. The summed E-state index contributed by atoms with van der Waals surface area (Å²) in [4.78, 5) is 2.42. The third kappa shape index (κ3) is 3.74. The minimum Gasteiger partial charge on any atom is -0.377 e. The molecule has 4 heteroatoms. The van der Waals surface area contributed by atoms with E-state index in [0.717, 1.165) is 32.7 Å². The molecule has 1 heterocycles. The van der Waals surface area contributed by atoms with E-state index in [2.05, 4.69) is 65.1 Å². The molecular formula is C16H25BrN2O. The molecule has 0 radical (unpaired) electrons. The molecule has 1 aromatic carbocycles. The van der Waals surface area contributed by atoms with Gasteiger partial charge in [0.05, 0.1) is 18.9 Å². The normalized spacial score (nSPS) is 21.0. The molecule has 1 N–H and O–H groups in total. The van der Waals surface area contributed by atoms with Crippen LogP contribution in [0.3, 0.4) is 0 Å². The van der Waals surface area contributed by atoms with Crippen LogP contribution in [0.15, 0.2) is 22.7 Å². The monoisotopic (exact) mass is 340 g/mol. The molecule has 0 bridgehead atoms. The summed E-state index contributed by atoms with van der Waals surface area (Å²) in [7, 11) is 0. The first-order valence-corrected chi connectivity index (χ1v) is 8.30. The van der Waals surface area contributed by atoms with E-state index in [1.807, 2.05) is 0 Å². The lowest BCUT2D eigenvalue weighted by atomic mass is 10.1. The highest BCUT2D eigenvalue weighted by Crippen LogP contribution is 2.31. The van der Waals surface area contributed by atoms with Gasteiger partial charge in [-0.25, -0.2) is 0 Å². The molecule has 2 unspecified atom stereocenters. The number of anilines is 1. The molecule has 3 nitrogen and oxygen atoms in total. The van der Waals surface area contributed by atoms with E-state index in [1.165, 1.54) is 15.7 Å². The van der Waals surface area contributed by atoms with Crippen LogP contribution in [-0.2, 0) is 4.74 Å². The third-order valence-electron chi connectivity index (χ3n) is 3.85. The minimum atomic E-state index is 0.391. The fourth-order valence-electron chi connectivity index (χ4n) is 2.59. The summed E-state index contributed by atoms with van der Waals surface area (Å²) in [5.41, 5.74) is 2.60. The van der Waals surface area contributed by atoms with Gasteiger partial charge in [0.15, 0.2) is 0 Å². The van der Waals surface area contributed by atoms with Crippen LogP contribution in [0.5, 0.6) is 0 Å². The van der Waals surface area contributed by atoms with Gasteiger partial charge in [0, 0.05) is 23.1 Å². The number of rotatable bonds is 5. The Labute approximate surface area is 130 Å². The Bertz CT molecular complexity index is 438. The molecule has 1 aromatic rings. The predicted molar refractivity (Wildman–Crippen MR) is 88.5 cm³/mol. The average Bonchev–Trinajstić information content (AvgIpc) is 2.45. The van der Waals surface area contributed by atoms with Crippen LogP contribution in [0.25, 0.3) is 0 Å². The molecule has 1 aliphatic heterocycles. The Hall–Kier alpha value is -0.580. The summed E-state index contributed by atoms with van der Waals surface area (Å²) in [6.07, 6.45) is 1.16. The third-order valence-corrected chi connectivity index (χ3v) is 4.48. The maximum atomic E-state index is 5.51. The van der Waals surface area contributed by atoms with Gasteiger partial charge < -0.3 is 15.0 Å². The first kappa shape index (κ1) is 15.8. The van der Waals surface area contributed by atoms with E-state index < -0.39 is 0 Å². The van der Waals surface area contributed by atoms with E-state index in [9.17, 15) is 0 Å². The molecule has 2 atom stereocenters. The Kier molecular flexibility index (Phi) is 5.87. The molecule has 0 spiro atoms. The second-order valence-corrected chi connectivity index (χ2v) is 6.36.